The number of amides is 1. The minimum absolute atomic E-state index is 0.0282. The molecule has 2 bridgehead atoms. The molecule has 2 N–H and O–H groups in total. The third-order valence-corrected chi connectivity index (χ3v) is 4.39. The van der Waals surface area contributed by atoms with E-state index >= 15 is 0 Å². The molecule has 21 heavy (non-hydrogen) atoms. The Morgan fingerprint density at radius 1 is 1.48 bits per heavy atom. The SMILES string of the molecule is CC(C)(C(=O)O)n1cc(NC(=O)C2CC3CCC2O3)cn1. The third kappa shape index (κ3) is 2.42. The fourth-order valence-corrected chi connectivity index (χ4v) is 2.94. The van der Waals surface area contributed by atoms with Gasteiger partial charge in [0.2, 0.25) is 5.91 Å². The van der Waals surface area contributed by atoms with Crippen LogP contribution >= 0.6 is 0 Å². The molecule has 7 heteroatoms. The molecule has 0 spiro atoms. The van der Waals surface area contributed by atoms with Gasteiger partial charge in [0.05, 0.1) is 30.0 Å². The summed E-state index contributed by atoms with van der Waals surface area (Å²) < 4.78 is 7.01. The van der Waals surface area contributed by atoms with Gasteiger partial charge in [-0.1, -0.05) is 0 Å². The van der Waals surface area contributed by atoms with Crippen molar-refractivity contribution in [2.24, 2.45) is 5.92 Å². The Kier molecular flexibility index (Phi) is 3.24. The van der Waals surface area contributed by atoms with Crippen LogP contribution in [0.3, 0.4) is 0 Å². The fraction of sp³-hybridized carbons (Fsp3) is 0.643. The van der Waals surface area contributed by atoms with Crippen LogP contribution in [-0.4, -0.2) is 39.0 Å². The lowest BCUT2D eigenvalue weighted by molar-refractivity contribution is -0.146. The average Bonchev–Trinajstić information content (AvgIpc) is 3.14. The van der Waals surface area contributed by atoms with Gasteiger partial charge in [-0.05, 0) is 33.1 Å². The van der Waals surface area contributed by atoms with Gasteiger partial charge in [0, 0.05) is 6.20 Å². The number of aromatic nitrogens is 2. The minimum atomic E-state index is -1.15. The summed E-state index contributed by atoms with van der Waals surface area (Å²) in [5, 5.41) is 16.0. The summed E-state index contributed by atoms with van der Waals surface area (Å²) >= 11 is 0. The highest BCUT2D eigenvalue weighted by molar-refractivity contribution is 5.93. The van der Waals surface area contributed by atoms with Crippen molar-refractivity contribution in [1.29, 1.82) is 0 Å². The maximum Gasteiger partial charge on any atom is 0.331 e. The second-order valence-electron chi connectivity index (χ2n) is 6.24. The molecule has 0 aliphatic carbocycles. The molecule has 1 amide bonds. The number of carboxylic acid groups (broad SMARTS) is 1. The van der Waals surface area contributed by atoms with Crippen LogP contribution in [0.15, 0.2) is 12.4 Å². The van der Waals surface area contributed by atoms with E-state index in [1.54, 1.807) is 20.0 Å². The van der Waals surface area contributed by atoms with Gasteiger partial charge < -0.3 is 15.2 Å². The number of aliphatic carboxylic acids is 1. The lowest BCUT2D eigenvalue weighted by Gasteiger charge is -2.19. The summed E-state index contributed by atoms with van der Waals surface area (Å²) in [6.45, 7) is 3.11. The Morgan fingerprint density at radius 2 is 2.24 bits per heavy atom. The van der Waals surface area contributed by atoms with Gasteiger partial charge in [0.15, 0.2) is 5.54 Å². The predicted molar refractivity (Wildman–Crippen MR) is 73.8 cm³/mol. The van der Waals surface area contributed by atoms with Crippen molar-refractivity contribution in [3.05, 3.63) is 12.4 Å². The van der Waals surface area contributed by atoms with Gasteiger partial charge in [-0.15, -0.1) is 0 Å². The monoisotopic (exact) mass is 293 g/mol. The van der Waals surface area contributed by atoms with Gasteiger partial charge >= 0.3 is 5.97 Å². The minimum Gasteiger partial charge on any atom is -0.479 e. The molecule has 0 aromatic carbocycles. The molecular formula is C14H19N3O4. The molecule has 2 aliphatic heterocycles. The number of carbonyl (C=O) groups is 2. The second-order valence-corrected chi connectivity index (χ2v) is 6.24. The summed E-state index contributed by atoms with van der Waals surface area (Å²) in [5.74, 6) is -1.17. The van der Waals surface area contributed by atoms with E-state index in [-0.39, 0.29) is 24.0 Å². The molecule has 1 aromatic rings. The second kappa shape index (κ2) is 4.84. The maximum atomic E-state index is 12.3. The first-order chi connectivity index (χ1) is 9.88. The zero-order valence-electron chi connectivity index (χ0n) is 12.1. The van der Waals surface area contributed by atoms with Crippen molar-refractivity contribution in [2.45, 2.75) is 50.9 Å². The number of hydrogen-bond acceptors (Lipinski definition) is 4. The van der Waals surface area contributed by atoms with E-state index in [1.165, 1.54) is 10.9 Å². The van der Waals surface area contributed by atoms with Crippen molar-refractivity contribution in [3.63, 3.8) is 0 Å². The van der Waals surface area contributed by atoms with E-state index in [1.807, 2.05) is 0 Å². The fourth-order valence-electron chi connectivity index (χ4n) is 2.94. The zero-order valence-corrected chi connectivity index (χ0v) is 12.1. The molecule has 3 unspecified atom stereocenters. The molecule has 0 radical (unpaired) electrons. The third-order valence-electron chi connectivity index (χ3n) is 4.39. The highest BCUT2D eigenvalue weighted by Gasteiger charge is 2.44. The van der Waals surface area contributed by atoms with E-state index in [0.717, 1.165) is 19.3 Å². The number of fused-ring (bicyclic) bond motifs is 2. The standard InChI is InChI=1S/C14H19N3O4/c1-14(2,13(19)20)17-7-8(6-15-17)16-12(18)10-5-9-3-4-11(10)21-9/h6-7,9-11H,3-5H2,1-2H3,(H,16,18)(H,19,20). The van der Waals surface area contributed by atoms with Gasteiger partial charge in [-0.2, -0.15) is 5.10 Å². The van der Waals surface area contributed by atoms with Crippen LogP contribution in [0, 0.1) is 5.92 Å². The number of nitrogens with one attached hydrogen (secondary N) is 1. The van der Waals surface area contributed by atoms with Crippen LogP contribution in [0.5, 0.6) is 0 Å². The van der Waals surface area contributed by atoms with Crippen molar-refractivity contribution in [1.82, 2.24) is 9.78 Å². The average molecular weight is 293 g/mol. The smallest absolute Gasteiger partial charge is 0.331 e. The van der Waals surface area contributed by atoms with Crippen LogP contribution in [0.4, 0.5) is 5.69 Å². The normalized spacial score (nSPS) is 27.8. The van der Waals surface area contributed by atoms with Crippen molar-refractivity contribution < 1.29 is 19.4 Å². The quantitative estimate of drug-likeness (QED) is 0.870. The molecule has 0 saturated carbocycles. The largest absolute Gasteiger partial charge is 0.479 e. The summed E-state index contributed by atoms with van der Waals surface area (Å²) in [6.07, 6.45) is 6.01. The van der Waals surface area contributed by atoms with Gasteiger partial charge in [0.25, 0.3) is 0 Å². The molecule has 7 nitrogen and oxygen atoms in total. The molecule has 2 fully saturated rings. The first kappa shape index (κ1) is 14.1. The van der Waals surface area contributed by atoms with Crippen LogP contribution in [0.1, 0.15) is 33.1 Å². The molecule has 1 aromatic heterocycles. The van der Waals surface area contributed by atoms with E-state index in [2.05, 4.69) is 10.4 Å². The topological polar surface area (TPSA) is 93.5 Å². The van der Waals surface area contributed by atoms with Gasteiger partial charge in [-0.25, -0.2) is 4.79 Å². The Morgan fingerprint density at radius 3 is 2.81 bits per heavy atom. The highest BCUT2D eigenvalue weighted by Crippen LogP contribution is 2.39. The van der Waals surface area contributed by atoms with E-state index < -0.39 is 11.5 Å². The van der Waals surface area contributed by atoms with Gasteiger partial charge in [-0.3, -0.25) is 9.48 Å². The number of ether oxygens (including phenoxy) is 1. The number of anilines is 1. The van der Waals surface area contributed by atoms with E-state index in [0.29, 0.717) is 5.69 Å². The Hall–Kier alpha value is -1.89. The lowest BCUT2D eigenvalue weighted by Crippen LogP contribution is -2.36. The summed E-state index contributed by atoms with van der Waals surface area (Å²) in [6, 6.07) is 0. The molecule has 3 rings (SSSR count). The number of carboxylic acids is 1. The molecule has 114 valence electrons. The van der Waals surface area contributed by atoms with Crippen molar-refractivity contribution in [2.75, 3.05) is 5.32 Å². The highest BCUT2D eigenvalue weighted by atomic mass is 16.5. The molecular weight excluding hydrogens is 274 g/mol. The predicted octanol–water partition coefficient (Wildman–Crippen LogP) is 1.21. The van der Waals surface area contributed by atoms with Crippen LogP contribution < -0.4 is 5.32 Å². The Balaban J connectivity index is 1.67. The van der Waals surface area contributed by atoms with E-state index in [9.17, 15) is 9.59 Å². The summed E-state index contributed by atoms with van der Waals surface area (Å²) in [5.41, 5.74) is -0.643. The maximum absolute atomic E-state index is 12.3. The molecule has 2 saturated heterocycles. The van der Waals surface area contributed by atoms with E-state index in [4.69, 9.17) is 9.84 Å². The molecule has 3 atom stereocenters. The number of hydrogen-bond donors (Lipinski definition) is 2. The summed E-state index contributed by atoms with van der Waals surface area (Å²) in [7, 11) is 0. The zero-order chi connectivity index (χ0) is 15.2. The number of rotatable bonds is 4. The Labute approximate surface area is 122 Å². The summed E-state index contributed by atoms with van der Waals surface area (Å²) in [4.78, 5) is 23.4. The Bertz CT molecular complexity index is 581. The van der Waals surface area contributed by atoms with Crippen molar-refractivity contribution in [3.8, 4) is 0 Å². The van der Waals surface area contributed by atoms with Crippen LogP contribution in [-0.2, 0) is 19.9 Å². The lowest BCUT2D eigenvalue weighted by atomic mass is 9.88. The first-order valence-corrected chi connectivity index (χ1v) is 7.13. The number of carbonyl (C=O) groups excluding carboxylic acids is 1. The molecule has 2 aliphatic rings. The molecule has 3 heterocycles. The number of nitrogens with zero attached hydrogens (tertiary/aromatic N) is 2. The van der Waals surface area contributed by atoms with Gasteiger partial charge in [0.1, 0.15) is 0 Å². The first-order valence-electron chi connectivity index (χ1n) is 7.13. The van der Waals surface area contributed by atoms with Crippen molar-refractivity contribution >= 4 is 17.6 Å². The van der Waals surface area contributed by atoms with Crippen LogP contribution in [0.25, 0.3) is 0 Å². The van der Waals surface area contributed by atoms with Crippen LogP contribution in [0.2, 0.25) is 0 Å².